The Hall–Kier alpha value is -1.43. The van der Waals surface area contributed by atoms with E-state index in [4.69, 9.17) is 4.74 Å². The van der Waals surface area contributed by atoms with Crippen molar-refractivity contribution in [2.45, 2.75) is 38.7 Å². The molecule has 1 aliphatic rings. The number of carbonyl (C=O) groups excluding carboxylic acids is 1. The summed E-state index contributed by atoms with van der Waals surface area (Å²) in [5, 5.41) is 6.69. The third kappa shape index (κ3) is 3.07. The van der Waals surface area contributed by atoms with Gasteiger partial charge in [-0.2, -0.15) is 0 Å². The van der Waals surface area contributed by atoms with Crippen LogP contribution in [0.25, 0.3) is 0 Å². The van der Waals surface area contributed by atoms with Crippen molar-refractivity contribution in [1.82, 2.24) is 20.1 Å². The van der Waals surface area contributed by atoms with E-state index in [9.17, 15) is 4.79 Å². The summed E-state index contributed by atoms with van der Waals surface area (Å²) in [7, 11) is 1.77. The van der Waals surface area contributed by atoms with Gasteiger partial charge in [0.25, 0.3) is 5.91 Å². The molecule has 6 nitrogen and oxygen atoms in total. The Morgan fingerprint density at radius 1 is 1.56 bits per heavy atom. The van der Waals surface area contributed by atoms with Crippen LogP contribution in [-0.2, 0) is 11.2 Å². The van der Waals surface area contributed by atoms with Gasteiger partial charge in [-0.1, -0.05) is 6.92 Å². The first-order valence-electron chi connectivity index (χ1n) is 6.49. The second-order valence-electron chi connectivity index (χ2n) is 4.63. The minimum atomic E-state index is -0.153. The van der Waals surface area contributed by atoms with Gasteiger partial charge in [-0.3, -0.25) is 9.89 Å². The Morgan fingerprint density at radius 2 is 2.39 bits per heavy atom. The number of amides is 1. The highest BCUT2D eigenvalue weighted by molar-refractivity contribution is 5.90. The van der Waals surface area contributed by atoms with E-state index < -0.39 is 0 Å². The number of hydrogen-bond donors (Lipinski definition) is 1. The van der Waals surface area contributed by atoms with Gasteiger partial charge in [0.15, 0.2) is 0 Å². The predicted octanol–water partition coefficient (Wildman–Crippen LogP) is 1.01. The second kappa shape index (κ2) is 5.95. The number of hydrogen-bond acceptors (Lipinski definition) is 4. The van der Waals surface area contributed by atoms with Crippen LogP contribution in [0.1, 0.15) is 42.6 Å². The van der Waals surface area contributed by atoms with E-state index in [-0.39, 0.29) is 17.8 Å². The molecule has 18 heavy (non-hydrogen) atoms. The van der Waals surface area contributed by atoms with Crippen molar-refractivity contribution in [3.8, 4) is 0 Å². The molecule has 0 aliphatic carbocycles. The number of nitrogens with zero attached hydrogens (tertiary/aromatic N) is 3. The van der Waals surface area contributed by atoms with E-state index in [0.717, 1.165) is 31.7 Å². The van der Waals surface area contributed by atoms with Crippen molar-refractivity contribution in [1.29, 1.82) is 0 Å². The van der Waals surface area contributed by atoms with Crippen LogP contribution in [0, 0.1) is 0 Å². The van der Waals surface area contributed by atoms with Crippen LogP contribution in [0.4, 0.5) is 0 Å². The highest BCUT2D eigenvalue weighted by atomic mass is 16.5. The van der Waals surface area contributed by atoms with Gasteiger partial charge >= 0.3 is 0 Å². The van der Waals surface area contributed by atoms with Crippen LogP contribution in [0.2, 0.25) is 0 Å². The van der Waals surface area contributed by atoms with E-state index in [0.29, 0.717) is 6.54 Å². The van der Waals surface area contributed by atoms with Crippen molar-refractivity contribution in [3.05, 3.63) is 11.6 Å². The molecule has 1 N–H and O–H groups in total. The molecule has 1 fully saturated rings. The summed E-state index contributed by atoms with van der Waals surface area (Å²) in [5.41, 5.74) is 0. The van der Waals surface area contributed by atoms with Gasteiger partial charge in [0.2, 0.25) is 5.82 Å². The molecule has 0 aromatic carbocycles. The minimum absolute atomic E-state index is 0.150. The average Bonchev–Trinajstić information content (AvgIpc) is 2.87. The molecular formula is C12H20N4O2. The fourth-order valence-corrected chi connectivity index (χ4v) is 2.06. The zero-order valence-electron chi connectivity index (χ0n) is 11.0. The molecule has 1 aromatic rings. The number of rotatable bonds is 4. The molecule has 2 rings (SSSR count). The fourth-order valence-electron chi connectivity index (χ4n) is 2.06. The quantitative estimate of drug-likeness (QED) is 0.868. The van der Waals surface area contributed by atoms with Crippen molar-refractivity contribution in [3.63, 3.8) is 0 Å². The number of H-pyrrole nitrogens is 1. The smallest absolute Gasteiger partial charge is 0.293 e. The molecule has 0 radical (unpaired) electrons. The second-order valence-corrected chi connectivity index (χ2v) is 4.63. The molecule has 6 heteroatoms. The summed E-state index contributed by atoms with van der Waals surface area (Å²) in [5.74, 6) is 0.825. The van der Waals surface area contributed by atoms with E-state index in [1.807, 2.05) is 6.92 Å². The molecule has 1 amide bonds. The number of aromatic nitrogens is 3. The summed E-state index contributed by atoms with van der Waals surface area (Å²) in [6.07, 6.45) is 4.21. The lowest BCUT2D eigenvalue weighted by molar-refractivity contribution is -0.000395. The number of nitrogens with one attached hydrogen (secondary N) is 1. The summed E-state index contributed by atoms with van der Waals surface area (Å²) in [4.78, 5) is 17.9. The molecule has 1 unspecified atom stereocenters. The summed E-state index contributed by atoms with van der Waals surface area (Å²) >= 11 is 0. The lowest BCUT2D eigenvalue weighted by Crippen LogP contribution is -2.37. The van der Waals surface area contributed by atoms with Gasteiger partial charge in [0.05, 0.1) is 6.10 Å². The Kier molecular flexibility index (Phi) is 4.30. The van der Waals surface area contributed by atoms with E-state index in [1.54, 1.807) is 11.9 Å². The molecule has 0 spiro atoms. The first-order chi connectivity index (χ1) is 8.70. The highest BCUT2D eigenvalue weighted by Gasteiger charge is 2.22. The molecule has 1 aliphatic heterocycles. The highest BCUT2D eigenvalue weighted by Crippen LogP contribution is 2.14. The van der Waals surface area contributed by atoms with Crippen LogP contribution in [-0.4, -0.2) is 52.3 Å². The zero-order chi connectivity index (χ0) is 13.0. The first kappa shape index (κ1) is 13.0. The van der Waals surface area contributed by atoms with E-state index in [2.05, 4.69) is 15.2 Å². The largest absolute Gasteiger partial charge is 0.376 e. The summed E-state index contributed by atoms with van der Waals surface area (Å²) in [6, 6.07) is 0. The number of aromatic amines is 1. The molecule has 1 atom stereocenters. The number of carbonyl (C=O) groups is 1. The molecule has 0 bridgehead atoms. The lowest BCUT2D eigenvalue weighted by Gasteiger charge is -2.26. The SMILES string of the molecule is CCc1nc(C(=O)N(C)CC2CCCCO2)n[nH]1. The Labute approximate surface area is 107 Å². The zero-order valence-corrected chi connectivity index (χ0v) is 11.0. The molecular weight excluding hydrogens is 232 g/mol. The van der Waals surface area contributed by atoms with Crippen LogP contribution in [0.3, 0.4) is 0 Å². The third-order valence-electron chi connectivity index (χ3n) is 3.16. The monoisotopic (exact) mass is 252 g/mol. The van der Waals surface area contributed by atoms with Gasteiger partial charge in [-0.25, -0.2) is 4.98 Å². The molecule has 1 aromatic heterocycles. The minimum Gasteiger partial charge on any atom is -0.376 e. The number of likely N-dealkylation sites (N-methyl/N-ethyl adjacent to an activating group) is 1. The maximum Gasteiger partial charge on any atom is 0.293 e. The van der Waals surface area contributed by atoms with Crippen molar-refractivity contribution >= 4 is 5.91 Å². The number of aryl methyl sites for hydroxylation is 1. The molecule has 2 heterocycles. The van der Waals surface area contributed by atoms with Gasteiger partial charge in [0.1, 0.15) is 5.82 Å². The maximum atomic E-state index is 12.1. The van der Waals surface area contributed by atoms with E-state index in [1.165, 1.54) is 6.42 Å². The van der Waals surface area contributed by atoms with Gasteiger partial charge in [0, 0.05) is 26.6 Å². The first-order valence-corrected chi connectivity index (χ1v) is 6.49. The van der Waals surface area contributed by atoms with Crippen LogP contribution in [0.5, 0.6) is 0 Å². The standard InChI is InChI=1S/C12H20N4O2/c1-3-10-13-11(15-14-10)12(17)16(2)8-9-6-4-5-7-18-9/h9H,3-8H2,1-2H3,(H,13,14,15). The number of ether oxygens (including phenoxy) is 1. The summed E-state index contributed by atoms with van der Waals surface area (Å²) in [6.45, 7) is 3.37. The maximum absolute atomic E-state index is 12.1. The van der Waals surface area contributed by atoms with Crippen LogP contribution in [0.15, 0.2) is 0 Å². The van der Waals surface area contributed by atoms with Gasteiger partial charge in [-0.05, 0) is 19.3 Å². The van der Waals surface area contributed by atoms with Crippen LogP contribution < -0.4 is 0 Å². The Balaban J connectivity index is 1.91. The third-order valence-corrected chi connectivity index (χ3v) is 3.16. The summed E-state index contributed by atoms with van der Waals surface area (Å²) < 4.78 is 5.62. The fraction of sp³-hybridized carbons (Fsp3) is 0.750. The van der Waals surface area contributed by atoms with Crippen LogP contribution >= 0.6 is 0 Å². The topological polar surface area (TPSA) is 71.1 Å². The Bertz CT molecular complexity index is 399. The predicted molar refractivity (Wildman–Crippen MR) is 66.3 cm³/mol. The van der Waals surface area contributed by atoms with Crippen molar-refractivity contribution < 1.29 is 9.53 Å². The average molecular weight is 252 g/mol. The van der Waals surface area contributed by atoms with Gasteiger partial charge in [-0.15, -0.1) is 5.10 Å². The molecule has 1 saturated heterocycles. The molecule has 0 saturated carbocycles. The normalized spacial score (nSPS) is 19.8. The molecule has 100 valence electrons. The lowest BCUT2D eigenvalue weighted by atomic mass is 10.1. The van der Waals surface area contributed by atoms with Gasteiger partial charge < -0.3 is 9.64 Å². The van der Waals surface area contributed by atoms with Crippen molar-refractivity contribution in [2.24, 2.45) is 0 Å². The van der Waals surface area contributed by atoms with E-state index >= 15 is 0 Å². The van der Waals surface area contributed by atoms with Crippen molar-refractivity contribution in [2.75, 3.05) is 20.2 Å². The Morgan fingerprint density at radius 3 is 3.00 bits per heavy atom.